The van der Waals surface area contributed by atoms with E-state index in [0.29, 0.717) is 12.9 Å². The van der Waals surface area contributed by atoms with Crippen LogP contribution in [0.4, 0.5) is 0 Å². The van der Waals surface area contributed by atoms with Crippen molar-refractivity contribution >= 4 is 38.2 Å². The van der Waals surface area contributed by atoms with E-state index >= 15 is 0 Å². The maximum absolute atomic E-state index is 10.3. The zero-order valence-electron chi connectivity index (χ0n) is 10.5. The maximum atomic E-state index is 10.3. The number of carboxylic acid groups (broad SMARTS) is 3. The predicted molar refractivity (Wildman–Crippen MR) is 50.9 cm³/mol. The zero-order chi connectivity index (χ0) is 17.9. The summed E-state index contributed by atoms with van der Waals surface area (Å²) in [5, 5.41) is 33.8. The van der Waals surface area contributed by atoms with Crippen molar-refractivity contribution in [2.45, 2.75) is 18.4 Å². The van der Waals surface area contributed by atoms with Gasteiger partial charge in [0.1, 0.15) is 0 Å². The molecule has 129 valence electrons. The first-order chi connectivity index (χ1) is 9.19. The van der Waals surface area contributed by atoms with E-state index in [1.165, 1.54) is 0 Å². The van der Waals surface area contributed by atoms with Crippen LogP contribution in [0.2, 0.25) is 0 Å². The zero-order valence-corrected chi connectivity index (χ0v) is 17.4. The molecule has 11 nitrogen and oxygen atoms in total. The van der Waals surface area contributed by atoms with Crippen LogP contribution in [0, 0.1) is 0 Å². The van der Waals surface area contributed by atoms with Gasteiger partial charge in [-0.3, -0.25) is 9.59 Å². The first-order valence-corrected chi connectivity index (χ1v) is 8.83. The minimum absolute atomic E-state index is 0. The third-order valence-corrected chi connectivity index (χ3v) is 1.29. The van der Waals surface area contributed by atoms with Crippen molar-refractivity contribution in [1.82, 2.24) is 0 Å². The molecule has 0 aromatic rings. The van der Waals surface area contributed by atoms with Crippen LogP contribution in [0.25, 0.3) is 0 Å². The molecule has 0 amide bonds. The van der Waals surface area contributed by atoms with Crippen molar-refractivity contribution in [2.24, 2.45) is 0 Å². The van der Waals surface area contributed by atoms with Gasteiger partial charge in [0.05, 0.1) is 12.8 Å². The van der Waals surface area contributed by atoms with Crippen LogP contribution in [0.5, 0.6) is 0 Å². The van der Waals surface area contributed by atoms with Crippen molar-refractivity contribution in [3.63, 3.8) is 0 Å². The van der Waals surface area contributed by atoms with Gasteiger partial charge in [-0.1, -0.05) is 0 Å². The van der Waals surface area contributed by atoms with E-state index < -0.39 is 49.3 Å². The fraction of sp³-hybridized carbons (Fsp3) is 0.500. The molecule has 0 saturated heterocycles. The monoisotopic (exact) mass is 479 g/mol. The molecule has 0 unspecified atom stereocenters. The molecule has 0 aliphatic carbocycles. The molecule has 0 aromatic carbocycles. The van der Waals surface area contributed by atoms with Gasteiger partial charge in [-0.2, -0.15) is 0 Å². The number of hydrogen-bond donors (Lipinski definition) is 4. The molecular weight excluding hydrogens is 472 g/mol. The normalized spacial score (nSPS) is 10.0. The molecular formula is C6H8Cl2CoKMnO11. The molecule has 0 bridgehead atoms. The number of aliphatic carboxylic acids is 3. The van der Waals surface area contributed by atoms with E-state index in [4.69, 9.17) is 56.4 Å². The molecule has 0 radical (unpaired) electrons. The minimum atomic E-state index is -5.62. The van der Waals surface area contributed by atoms with Crippen LogP contribution in [-0.2, 0) is 51.8 Å². The second-order valence-electron chi connectivity index (χ2n) is 2.90. The number of carboxylic acids is 3. The average Bonchev–Trinajstić information content (AvgIpc) is 2.12. The Morgan fingerprint density at radius 3 is 1.27 bits per heavy atom. The molecule has 0 fully saturated rings. The molecule has 0 heterocycles. The van der Waals surface area contributed by atoms with Gasteiger partial charge in [-0.15, -0.1) is 0 Å². The van der Waals surface area contributed by atoms with Crippen LogP contribution in [0.1, 0.15) is 12.8 Å². The van der Waals surface area contributed by atoms with Crippen LogP contribution < -0.4 is 55.6 Å². The Hall–Kier alpha value is 0.972. The van der Waals surface area contributed by atoms with E-state index in [0.717, 1.165) is 0 Å². The molecule has 0 atom stereocenters. The van der Waals surface area contributed by atoms with E-state index in [-0.39, 0.29) is 51.4 Å². The molecule has 16 heteroatoms. The van der Waals surface area contributed by atoms with Crippen molar-refractivity contribution < 1.29 is 128 Å². The molecule has 0 aliphatic heterocycles. The van der Waals surface area contributed by atoms with Crippen LogP contribution in [-0.4, -0.2) is 43.9 Å². The fourth-order valence-corrected chi connectivity index (χ4v) is 0.714. The average molecular weight is 480 g/mol. The fourth-order valence-electron chi connectivity index (χ4n) is 0.714. The number of carbonyl (C=O) groups is 3. The second-order valence-corrected chi connectivity index (χ2v) is 5.80. The number of aliphatic hydroxyl groups is 1. The Morgan fingerprint density at radius 1 is 1.00 bits per heavy atom. The molecule has 0 aromatic heterocycles. The van der Waals surface area contributed by atoms with Gasteiger partial charge in [0.2, 0.25) is 0 Å². The van der Waals surface area contributed by atoms with E-state index in [9.17, 15) is 14.4 Å². The summed E-state index contributed by atoms with van der Waals surface area (Å²) in [4.78, 5) is 30.5. The van der Waals surface area contributed by atoms with Crippen molar-refractivity contribution in [3.8, 4) is 0 Å². The summed E-state index contributed by atoms with van der Waals surface area (Å²) < 4.78 is 34.3. The molecule has 4 N–H and O–H groups in total. The summed E-state index contributed by atoms with van der Waals surface area (Å²) >= 11 is -5.24. The van der Waals surface area contributed by atoms with E-state index in [1.54, 1.807) is 0 Å². The summed E-state index contributed by atoms with van der Waals surface area (Å²) in [5.41, 5.74) is -2.74. The Kier molecular flexibility index (Phi) is 21.7. The van der Waals surface area contributed by atoms with Gasteiger partial charge >= 0.3 is 131 Å². The Labute approximate surface area is 182 Å². The second kappa shape index (κ2) is 15.5. The Balaban J connectivity index is -0.000000151. The number of hydrogen-bond acceptors (Lipinski definition) is 8. The quantitative estimate of drug-likeness (QED) is 0.276. The first kappa shape index (κ1) is 30.8. The first-order valence-electron chi connectivity index (χ1n) is 4.04. The predicted octanol–water partition coefficient (Wildman–Crippen LogP) is -4.42. The summed E-state index contributed by atoms with van der Waals surface area (Å²) in [6.07, 6.45) is -2.29. The molecule has 0 rings (SSSR count). The van der Waals surface area contributed by atoms with Crippen LogP contribution in [0.15, 0.2) is 0 Å². The summed E-state index contributed by atoms with van der Waals surface area (Å²) in [6.45, 7) is 0. The SMILES string of the molecule is O=C(O)CC(O)(CC(=O)O)C(=O)O.[Cl][Co][Cl].[K+].[O]=[Mn](=[O])(=[O])[O-]. The number of halogens is 2. The van der Waals surface area contributed by atoms with E-state index in [1.807, 2.05) is 0 Å². The van der Waals surface area contributed by atoms with Gasteiger partial charge in [0, 0.05) is 0 Å². The Morgan fingerprint density at radius 2 is 1.18 bits per heavy atom. The van der Waals surface area contributed by atoms with Gasteiger partial charge in [0.25, 0.3) is 0 Å². The molecule has 0 aliphatic rings. The van der Waals surface area contributed by atoms with Gasteiger partial charge in [0.15, 0.2) is 5.60 Å². The number of rotatable bonds is 5. The van der Waals surface area contributed by atoms with Crippen molar-refractivity contribution in [2.75, 3.05) is 0 Å². The van der Waals surface area contributed by atoms with Crippen molar-refractivity contribution in [3.05, 3.63) is 0 Å². The van der Waals surface area contributed by atoms with E-state index in [2.05, 4.69) is 0 Å². The Bertz CT molecular complexity index is 485. The standard InChI is InChI=1S/C6H8O7.2ClH.Co.K.Mn.4O/c7-3(8)1-6(13,5(11)12)2-4(9)10;;;;;;;;;/h13H,1-2H2,(H,7,8)(H,9,10)(H,11,12);2*1H;;;;;;;/q;;;+2;+1;;;;;-1/p-2. The molecule has 0 saturated carbocycles. The third kappa shape index (κ3) is 29.0. The summed E-state index contributed by atoms with van der Waals surface area (Å²) in [6, 6.07) is 0. The van der Waals surface area contributed by atoms with Gasteiger partial charge in [-0.25, -0.2) is 4.79 Å². The van der Waals surface area contributed by atoms with Crippen molar-refractivity contribution in [1.29, 1.82) is 0 Å². The van der Waals surface area contributed by atoms with Gasteiger partial charge in [-0.05, 0) is 0 Å². The van der Waals surface area contributed by atoms with Crippen LogP contribution >= 0.6 is 20.3 Å². The third-order valence-electron chi connectivity index (χ3n) is 1.29. The summed E-state index contributed by atoms with van der Waals surface area (Å²) in [7, 11) is 9.47. The topological polar surface area (TPSA) is 206 Å². The van der Waals surface area contributed by atoms with Gasteiger partial charge < -0.3 is 20.4 Å². The van der Waals surface area contributed by atoms with Crippen LogP contribution in [0.3, 0.4) is 0 Å². The molecule has 22 heavy (non-hydrogen) atoms. The summed E-state index contributed by atoms with van der Waals surface area (Å²) in [5.74, 6) is -5.02. The molecule has 0 spiro atoms.